The van der Waals surface area contributed by atoms with Gasteiger partial charge in [-0.3, -0.25) is 0 Å². The van der Waals surface area contributed by atoms with Gasteiger partial charge in [0.2, 0.25) is 0 Å². The van der Waals surface area contributed by atoms with E-state index in [1.54, 1.807) is 16.7 Å². The Morgan fingerprint density at radius 2 is 2.14 bits per heavy atom. The molecule has 5 heteroatoms. The van der Waals surface area contributed by atoms with Crippen molar-refractivity contribution in [3.05, 3.63) is 16.1 Å². The molecule has 120 valence electrons. The van der Waals surface area contributed by atoms with E-state index >= 15 is 0 Å². The molecule has 0 aromatic carbocycles. The predicted molar refractivity (Wildman–Crippen MR) is 85.7 cm³/mol. The second kappa shape index (κ2) is 5.31. The van der Waals surface area contributed by atoms with Gasteiger partial charge in [0.1, 0.15) is 5.01 Å². The van der Waals surface area contributed by atoms with E-state index in [4.69, 9.17) is 4.74 Å². The molecular weight excluding hydrogens is 296 g/mol. The zero-order chi connectivity index (χ0) is 15.3. The molecule has 1 N–H and O–H groups in total. The molecule has 0 aliphatic heterocycles. The third kappa shape index (κ3) is 2.38. The predicted octanol–water partition coefficient (Wildman–Crippen LogP) is 3.23. The Morgan fingerprint density at radius 1 is 1.41 bits per heavy atom. The molecule has 3 saturated carbocycles. The number of aromatic nitrogens is 1. The van der Waals surface area contributed by atoms with Gasteiger partial charge in [-0.2, -0.15) is 0 Å². The Balaban J connectivity index is 1.35. The van der Waals surface area contributed by atoms with Crippen molar-refractivity contribution < 1.29 is 9.53 Å². The second-order valence-corrected chi connectivity index (χ2v) is 8.44. The number of carbonyl (C=O) groups is 1. The summed E-state index contributed by atoms with van der Waals surface area (Å²) in [5.74, 6) is 3.74. The van der Waals surface area contributed by atoms with Crippen LogP contribution in [0.3, 0.4) is 0 Å². The Labute approximate surface area is 135 Å². The largest absolute Gasteiger partial charge is 0.461 e. The average molecular weight is 320 g/mol. The van der Waals surface area contributed by atoms with Gasteiger partial charge >= 0.3 is 5.97 Å². The van der Waals surface area contributed by atoms with Gasteiger partial charge in [-0.1, -0.05) is 0 Å². The van der Waals surface area contributed by atoms with Crippen LogP contribution in [-0.2, 0) is 11.3 Å². The normalized spacial score (nSPS) is 38.6. The van der Waals surface area contributed by atoms with Crippen LogP contribution in [0.4, 0.5) is 0 Å². The molecule has 4 nitrogen and oxygen atoms in total. The molecule has 4 rings (SSSR count). The lowest BCUT2D eigenvalue weighted by Gasteiger charge is -2.65. The van der Waals surface area contributed by atoms with Crippen molar-refractivity contribution in [3.63, 3.8) is 0 Å². The van der Waals surface area contributed by atoms with Gasteiger partial charge < -0.3 is 10.1 Å². The number of rotatable bonds is 5. The van der Waals surface area contributed by atoms with E-state index in [1.165, 1.54) is 25.7 Å². The van der Waals surface area contributed by atoms with Crippen molar-refractivity contribution in [3.8, 4) is 0 Å². The summed E-state index contributed by atoms with van der Waals surface area (Å²) in [5.41, 5.74) is 0.686. The number of hydrogen-bond donors (Lipinski definition) is 1. The molecule has 2 atom stereocenters. The van der Waals surface area contributed by atoms with E-state index in [0.717, 1.165) is 35.2 Å². The molecule has 0 bridgehead atoms. The first kappa shape index (κ1) is 14.6. The van der Waals surface area contributed by atoms with E-state index < -0.39 is 0 Å². The van der Waals surface area contributed by atoms with Crippen LogP contribution in [-0.4, -0.2) is 23.1 Å². The molecule has 1 heterocycles. The lowest BCUT2D eigenvalue weighted by molar-refractivity contribution is -0.145. The lowest BCUT2D eigenvalue weighted by Crippen LogP contribution is -2.62. The van der Waals surface area contributed by atoms with Crippen LogP contribution in [0.15, 0.2) is 5.38 Å². The summed E-state index contributed by atoms with van der Waals surface area (Å²) in [5, 5.41) is 6.51. The Kier molecular flexibility index (Phi) is 3.53. The highest BCUT2D eigenvalue weighted by molar-refractivity contribution is 7.09. The molecule has 1 aromatic heterocycles. The first-order valence-corrected chi connectivity index (χ1v) is 9.32. The Morgan fingerprint density at radius 3 is 2.77 bits per heavy atom. The molecule has 3 aliphatic carbocycles. The zero-order valence-corrected chi connectivity index (χ0v) is 14.1. The minimum Gasteiger partial charge on any atom is -0.461 e. The first-order chi connectivity index (χ1) is 10.6. The van der Waals surface area contributed by atoms with E-state index in [1.807, 2.05) is 6.92 Å². The maximum Gasteiger partial charge on any atom is 0.357 e. The molecular formula is C17H24N2O2S. The van der Waals surface area contributed by atoms with Gasteiger partial charge in [0.25, 0.3) is 0 Å². The summed E-state index contributed by atoms with van der Waals surface area (Å²) < 4.78 is 4.99. The fourth-order valence-electron chi connectivity index (χ4n) is 5.07. The number of ether oxygens (including phenoxy) is 1. The number of carbonyl (C=O) groups excluding carboxylic acids is 1. The monoisotopic (exact) mass is 320 g/mol. The maximum atomic E-state index is 11.7. The van der Waals surface area contributed by atoms with E-state index in [0.29, 0.717) is 12.3 Å². The highest BCUT2D eigenvalue weighted by Crippen LogP contribution is 2.65. The molecule has 0 spiro atoms. The maximum absolute atomic E-state index is 11.7. The van der Waals surface area contributed by atoms with Gasteiger partial charge in [-0.15, -0.1) is 11.3 Å². The first-order valence-electron chi connectivity index (χ1n) is 8.44. The van der Waals surface area contributed by atoms with Crippen molar-refractivity contribution in [1.82, 2.24) is 10.3 Å². The minimum atomic E-state index is -0.313. The van der Waals surface area contributed by atoms with Crippen molar-refractivity contribution >= 4 is 17.3 Å². The molecule has 3 fully saturated rings. The van der Waals surface area contributed by atoms with E-state index in [2.05, 4.69) is 17.2 Å². The zero-order valence-electron chi connectivity index (χ0n) is 13.3. The van der Waals surface area contributed by atoms with Crippen molar-refractivity contribution in [2.75, 3.05) is 6.61 Å². The SMILES string of the molecule is CCOC(=O)c1csc(CNC2(C)CC3CC4CC(C2)C43)n1. The van der Waals surface area contributed by atoms with Crippen LogP contribution in [0.1, 0.15) is 55.0 Å². The van der Waals surface area contributed by atoms with Crippen LogP contribution in [0.5, 0.6) is 0 Å². The summed E-state index contributed by atoms with van der Waals surface area (Å²) in [6, 6.07) is 0. The van der Waals surface area contributed by atoms with Gasteiger partial charge in [-0.05, 0) is 63.2 Å². The number of thiazole rings is 1. The summed E-state index contributed by atoms with van der Waals surface area (Å²) >= 11 is 1.54. The fraction of sp³-hybridized carbons (Fsp3) is 0.765. The van der Waals surface area contributed by atoms with Crippen LogP contribution >= 0.6 is 11.3 Å². The summed E-state index contributed by atoms with van der Waals surface area (Å²) in [4.78, 5) is 16.1. The Hall–Kier alpha value is -0.940. The average Bonchev–Trinajstić information content (AvgIpc) is 2.90. The number of nitrogens with zero attached hydrogens (tertiary/aromatic N) is 1. The number of esters is 1. The highest BCUT2D eigenvalue weighted by Gasteiger charge is 2.59. The molecule has 1 aromatic rings. The molecule has 3 aliphatic rings. The topological polar surface area (TPSA) is 51.2 Å². The molecule has 22 heavy (non-hydrogen) atoms. The van der Waals surface area contributed by atoms with Crippen molar-refractivity contribution in [1.29, 1.82) is 0 Å². The van der Waals surface area contributed by atoms with Crippen LogP contribution in [0.2, 0.25) is 0 Å². The molecule has 0 amide bonds. The quantitative estimate of drug-likeness (QED) is 0.846. The van der Waals surface area contributed by atoms with E-state index in [9.17, 15) is 4.79 Å². The minimum absolute atomic E-state index is 0.243. The van der Waals surface area contributed by atoms with E-state index in [-0.39, 0.29) is 11.5 Å². The summed E-state index contributed by atoms with van der Waals surface area (Å²) in [6.07, 6.45) is 5.53. The number of hydrogen-bond acceptors (Lipinski definition) is 5. The van der Waals surface area contributed by atoms with Gasteiger partial charge in [-0.25, -0.2) is 9.78 Å². The standard InChI is InChI=1S/C17H24N2O2S/c1-3-21-16(20)13-9-22-14(19-13)8-18-17(2)6-11-4-10-5-12(7-17)15(10)11/h9-12,15,18H,3-8H2,1-2H3. The van der Waals surface area contributed by atoms with Gasteiger partial charge in [0.15, 0.2) is 5.69 Å². The highest BCUT2D eigenvalue weighted by atomic mass is 32.1. The summed E-state index contributed by atoms with van der Waals surface area (Å²) in [6.45, 7) is 5.34. The third-order valence-corrected chi connectivity index (χ3v) is 6.82. The second-order valence-electron chi connectivity index (χ2n) is 7.50. The van der Waals surface area contributed by atoms with Crippen LogP contribution in [0, 0.1) is 23.7 Å². The van der Waals surface area contributed by atoms with Crippen LogP contribution < -0.4 is 5.32 Å². The fourth-order valence-corrected chi connectivity index (χ4v) is 5.77. The molecule has 0 radical (unpaired) electrons. The number of nitrogens with one attached hydrogen (secondary N) is 1. The van der Waals surface area contributed by atoms with Crippen molar-refractivity contribution in [2.24, 2.45) is 23.7 Å². The Bertz CT molecular complexity index is 569. The summed E-state index contributed by atoms with van der Waals surface area (Å²) in [7, 11) is 0. The van der Waals surface area contributed by atoms with Crippen LogP contribution in [0.25, 0.3) is 0 Å². The van der Waals surface area contributed by atoms with Crippen molar-refractivity contribution in [2.45, 2.75) is 51.6 Å². The van der Waals surface area contributed by atoms with Gasteiger partial charge in [0.05, 0.1) is 6.61 Å². The van der Waals surface area contributed by atoms with Gasteiger partial charge in [0, 0.05) is 17.5 Å². The molecule has 0 saturated heterocycles. The lowest BCUT2D eigenvalue weighted by atomic mass is 9.41. The molecule has 2 unspecified atom stereocenters. The smallest absolute Gasteiger partial charge is 0.357 e. The third-order valence-electron chi connectivity index (χ3n) is 5.97.